The molecule has 0 aliphatic rings. The molecule has 5 heteroatoms. The molecule has 0 aliphatic carbocycles. The van der Waals surface area contributed by atoms with Crippen molar-refractivity contribution in [2.45, 2.75) is 13.0 Å². The molecule has 0 radical (unpaired) electrons. The van der Waals surface area contributed by atoms with Gasteiger partial charge in [0.05, 0.1) is 25.3 Å². The monoisotopic (exact) mass is 313 g/mol. The number of methoxy groups -OCH3 is 1. The number of hydrogen-bond donors (Lipinski definition) is 1. The highest BCUT2D eigenvalue weighted by Crippen LogP contribution is 2.25. The van der Waals surface area contributed by atoms with Crippen molar-refractivity contribution in [2.24, 2.45) is 0 Å². The van der Waals surface area contributed by atoms with Gasteiger partial charge < -0.3 is 15.0 Å². The number of benzene rings is 2. The largest absolute Gasteiger partial charge is 0.494 e. The molecule has 0 saturated carbocycles. The van der Waals surface area contributed by atoms with Gasteiger partial charge in [-0.15, -0.1) is 0 Å². The molecule has 120 valence electrons. The fraction of sp³-hybridized carbons (Fsp3) is 0.278. The van der Waals surface area contributed by atoms with Gasteiger partial charge in [0.15, 0.2) is 0 Å². The van der Waals surface area contributed by atoms with Gasteiger partial charge in [-0.1, -0.05) is 12.1 Å². The number of ether oxygens (including phenoxy) is 1. The molecule has 0 atom stereocenters. The molecule has 0 saturated heterocycles. The van der Waals surface area contributed by atoms with Crippen molar-refractivity contribution in [2.75, 3.05) is 30.9 Å². The molecule has 0 aliphatic heterocycles. The van der Waals surface area contributed by atoms with Gasteiger partial charge in [0, 0.05) is 31.9 Å². The van der Waals surface area contributed by atoms with E-state index in [0.29, 0.717) is 25.3 Å². The molecule has 0 aromatic heterocycles. The summed E-state index contributed by atoms with van der Waals surface area (Å²) in [5.41, 5.74) is 2.93. The normalized spacial score (nSPS) is 10.0. The Kier molecular flexibility index (Phi) is 5.81. The molecule has 0 heterocycles. The van der Waals surface area contributed by atoms with Gasteiger partial charge in [-0.3, -0.25) is 0 Å². The second-order valence-electron chi connectivity index (χ2n) is 5.19. The van der Waals surface area contributed by atoms with Crippen molar-refractivity contribution in [1.29, 1.82) is 5.26 Å². The van der Waals surface area contributed by atoms with Crippen LogP contribution in [0.4, 0.5) is 15.8 Å². The summed E-state index contributed by atoms with van der Waals surface area (Å²) in [6.45, 7) is 1.32. The summed E-state index contributed by atoms with van der Waals surface area (Å²) >= 11 is 0. The van der Waals surface area contributed by atoms with Crippen molar-refractivity contribution in [1.82, 2.24) is 0 Å². The first kappa shape index (κ1) is 16.6. The van der Waals surface area contributed by atoms with Crippen LogP contribution >= 0.6 is 0 Å². The van der Waals surface area contributed by atoms with Gasteiger partial charge >= 0.3 is 0 Å². The maximum absolute atomic E-state index is 13.2. The van der Waals surface area contributed by atoms with Crippen molar-refractivity contribution in [3.63, 3.8) is 0 Å². The zero-order valence-electron chi connectivity index (χ0n) is 13.3. The first-order valence-electron chi connectivity index (χ1n) is 7.38. The highest BCUT2D eigenvalue weighted by atomic mass is 19.1. The van der Waals surface area contributed by atoms with Crippen LogP contribution in [0, 0.1) is 17.1 Å². The molecule has 2 aromatic carbocycles. The minimum Gasteiger partial charge on any atom is -0.494 e. The summed E-state index contributed by atoms with van der Waals surface area (Å²) < 4.78 is 18.3. The second-order valence-corrected chi connectivity index (χ2v) is 5.19. The Bertz CT molecular complexity index is 680. The first-order chi connectivity index (χ1) is 11.1. The van der Waals surface area contributed by atoms with Crippen LogP contribution in [0.2, 0.25) is 0 Å². The van der Waals surface area contributed by atoms with Gasteiger partial charge in [0.2, 0.25) is 0 Å². The SMILES string of the molecule is COc1cc(F)ccc1NCc1ccc(N(C)CCC#N)cc1. The number of nitrogens with one attached hydrogen (secondary N) is 1. The lowest BCUT2D eigenvalue weighted by molar-refractivity contribution is 0.413. The fourth-order valence-corrected chi connectivity index (χ4v) is 2.22. The summed E-state index contributed by atoms with van der Waals surface area (Å²) in [6.07, 6.45) is 0.504. The van der Waals surface area contributed by atoms with Gasteiger partial charge in [0.1, 0.15) is 11.6 Å². The van der Waals surface area contributed by atoms with E-state index in [0.717, 1.165) is 16.9 Å². The third kappa shape index (κ3) is 4.62. The van der Waals surface area contributed by atoms with E-state index in [2.05, 4.69) is 11.4 Å². The molecule has 0 fully saturated rings. The Labute approximate surface area is 136 Å². The fourth-order valence-electron chi connectivity index (χ4n) is 2.22. The Morgan fingerprint density at radius 3 is 2.61 bits per heavy atom. The highest BCUT2D eigenvalue weighted by Gasteiger charge is 2.05. The standard InChI is InChI=1S/C18H20FN3O/c1-22(11-3-10-20)16-7-4-14(5-8-16)13-21-17-9-6-15(19)12-18(17)23-2/h4-9,12,21H,3,11,13H2,1-2H3. The predicted octanol–water partition coefficient (Wildman–Crippen LogP) is 3.80. The van der Waals surface area contributed by atoms with E-state index >= 15 is 0 Å². The minimum absolute atomic E-state index is 0.322. The molecule has 0 unspecified atom stereocenters. The van der Waals surface area contributed by atoms with Crippen molar-refractivity contribution in [3.05, 3.63) is 53.8 Å². The molecule has 23 heavy (non-hydrogen) atoms. The van der Waals surface area contributed by atoms with Crippen LogP contribution in [0.1, 0.15) is 12.0 Å². The van der Waals surface area contributed by atoms with Gasteiger partial charge in [0.25, 0.3) is 0 Å². The van der Waals surface area contributed by atoms with E-state index in [1.807, 2.05) is 36.2 Å². The van der Waals surface area contributed by atoms with Crippen LogP contribution < -0.4 is 15.0 Å². The Morgan fingerprint density at radius 2 is 1.96 bits per heavy atom. The number of halogens is 1. The first-order valence-corrected chi connectivity index (χ1v) is 7.38. The topological polar surface area (TPSA) is 48.3 Å². The van der Waals surface area contributed by atoms with E-state index in [4.69, 9.17) is 10.00 Å². The molecule has 4 nitrogen and oxygen atoms in total. The third-order valence-corrected chi connectivity index (χ3v) is 3.58. The average molecular weight is 313 g/mol. The lowest BCUT2D eigenvalue weighted by atomic mass is 10.2. The maximum atomic E-state index is 13.2. The molecule has 0 bridgehead atoms. The van der Waals surface area contributed by atoms with Crippen LogP contribution in [0.3, 0.4) is 0 Å². The quantitative estimate of drug-likeness (QED) is 0.845. The van der Waals surface area contributed by atoms with E-state index in [1.54, 1.807) is 6.07 Å². The lowest BCUT2D eigenvalue weighted by Gasteiger charge is -2.18. The summed E-state index contributed by atoms with van der Waals surface area (Å²) in [5, 5.41) is 11.9. The number of anilines is 2. The van der Waals surface area contributed by atoms with Gasteiger partial charge in [-0.05, 0) is 29.8 Å². The van der Waals surface area contributed by atoms with Crippen molar-refractivity contribution in [3.8, 4) is 11.8 Å². The molecular weight excluding hydrogens is 293 g/mol. The van der Waals surface area contributed by atoms with Crippen molar-refractivity contribution < 1.29 is 9.13 Å². The lowest BCUT2D eigenvalue weighted by Crippen LogP contribution is -2.17. The number of hydrogen-bond acceptors (Lipinski definition) is 4. The van der Waals surface area contributed by atoms with Gasteiger partial charge in [-0.2, -0.15) is 5.26 Å². The van der Waals surface area contributed by atoms with Crippen LogP contribution in [0.5, 0.6) is 5.75 Å². The third-order valence-electron chi connectivity index (χ3n) is 3.58. The maximum Gasteiger partial charge on any atom is 0.144 e. The Balaban J connectivity index is 1.98. The molecule has 2 aromatic rings. The van der Waals surface area contributed by atoms with E-state index in [9.17, 15) is 4.39 Å². The molecule has 0 amide bonds. The van der Waals surface area contributed by atoms with Gasteiger partial charge in [-0.25, -0.2) is 4.39 Å². The summed E-state index contributed by atoms with van der Waals surface area (Å²) in [6, 6.07) is 14.7. The Morgan fingerprint density at radius 1 is 1.22 bits per heavy atom. The zero-order chi connectivity index (χ0) is 16.7. The summed E-state index contributed by atoms with van der Waals surface area (Å²) in [4.78, 5) is 2.05. The van der Waals surface area contributed by atoms with Crippen LogP contribution in [0.25, 0.3) is 0 Å². The average Bonchev–Trinajstić information content (AvgIpc) is 2.58. The zero-order valence-corrected chi connectivity index (χ0v) is 13.3. The second kappa shape index (κ2) is 8.04. The molecule has 0 spiro atoms. The van der Waals surface area contributed by atoms with Crippen molar-refractivity contribution >= 4 is 11.4 Å². The van der Waals surface area contributed by atoms with Crippen LogP contribution in [-0.4, -0.2) is 20.7 Å². The minimum atomic E-state index is -0.322. The number of rotatable bonds is 7. The Hall–Kier alpha value is -2.74. The smallest absolute Gasteiger partial charge is 0.144 e. The summed E-state index contributed by atoms with van der Waals surface area (Å²) in [5.74, 6) is 0.162. The van der Waals surface area contributed by atoms with E-state index < -0.39 is 0 Å². The van der Waals surface area contributed by atoms with E-state index in [-0.39, 0.29) is 5.82 Å². The number of nitriles is 1. The number of nitrogens with zero attached hydrogens (tertiary/aromatic N) is 2. The highest BCUT2D eigenvalue weighted by molar-refractivity contribution is 5.57. The van der Waals surface area contributed by atoms with E-state index in [1.165, 1.54) is 19.2 Å². The molecular formula is C18H20FN3O. The molecule has 1 N–H and O–H groups in total. The summed E-state index contributed by atoms with van der Waals surface area (Å²) in [7, 11) is 3.49. The predicted molar refractivity (Wildman–Crippen MR) is 90.2 cm³/mol. The van der Waals surface area contributed by atoms with Crippen LogP contribution in [-0.2, 0) is 6.54 Å². The van der Waals surface area contributed by atoms with Crippen LogP contribution in [0.15, 0.2) is 42.5 Å². The molecule has 2 rings (SSSR count).